The van der Waals surface area contributed by atoms with Gasteiger partial charge in [0.1, 0.15) is 5.69 Å². The molecular formula is C16H18N2O4. The molecule has 3 heterocycles. The highest BCUT2D eigenvalue weighted by Gasteiger charge is 2.46. The van der Waals surface area contributed by atoms with Crippen LogP contribution in [0.4, 0.5) is 0 Å². The van der Waals surface area contributed by atoms with Crippen LogP contribution >= 0.6 is 0 Å². The van der Waals surface area contributed by atoms with Crippen LogP contribution in [0.15, 0.2) is 0 Å². The number of fused-ring (bicyclic) bond motifs is 2. The Balaban J connectivity index is 1.62. The molecule has 4 rings (SSSR count). The first-order chi connectivity index (χ1) is 10.6. The molecule has 0 radical (unpaired) electrons. The summed E-state index contributed by atoms with van der Waals surface area (Å²) in [4.78, 5) is 41.3. The first-order valence-corrected chi connectivity index (χ1v) is 7.77. The van der Waals surface area contributed by atoms with Gasteiger partial charge in [-0.3, -0.25) is 14.4 Å². The van der Waals surface area contributed by atoms with E-state index in [1.54, 1.807) is 4.90 Å². The maximum absolute atomic E-state index is 12.8. The molecule has 116 valence electrons. The van der Waals surface area contributed by atoms with Crippen LogP contribution in [-0.2, 0) is 16.0 Å². The highest BCUT2D eigenvalue weighted by molar-refractivity contribution is 6.04. The lowest BCUT2D eigenvalue weighted by Crippen LogP contribution is -2.31. The van der Waals surface area contributed by atoms with Crippen LogP contribution in [0.1, 0.15) is 44.9 Å². The van der Waals surface area contributed by atoms with Crippen LogP contribution in [-0.4, -0.2) is 47.2 Å². The Morgan fingerprint density at radius 2 is 2.09 bits per heavy atom. The molecular weight excluding hydrogens is 284 g/mol. The Morgan fingerprint density at radius 3 is 2.82 bits per heavy atom. The summed E-state index contributed by atoms with van der Waals surface area (Å²) in [6.45, 7) is 3.20. The molecule has 2 aliphatic heterocycles. The first-order valence-electron chi connectivity index (χ1n) is 7.77. The quantitative estimate of drug-likeness (QED) is 0.788. The van der Waals surface area contributed by atoms with Crippen molar-refractivity contribution in [2.45, 2.75) is 26.2 Å². The van der Waals surface area contributed by atoms with Gasteiger partial charge < -0.3 is 14.6 Å². The van der Waals surface area contributed by atoms with Crippen LogP contribution in [0.5, 0.6) is 0 Å². The SMILES string of the molecule is Cc1c(C(=O)N2C[C@@H]3COC(=O)[C@@H]3C2)[nH]c2c1C(=O)CCC2. The number of aryl methyl sites for hydroxylation is 1. The number of carbonyl (C=O) groups excluding carboxylic acids is 3. The minimum atomic E-state index is -0.196. The van der Waals surface area contributed by atoms with Gasteiger partial charge in [-0.05, 0) is 25.3 Å². The predicted octanol–water partition coefficient (Wildman–Crippen LogP) is 1.09. The largest absolute Gasteiger partial charge is 0.465 e. The molecule has 1 N–H and O–H groups in total. The molecule has 6 heteroatoms. The number of cyclic esters (lactones) is 1. The van der Waals surface area contributed by atoms with Gasteiger partial charge in [-0.2, -0.15) is 0 Å². The molecule has 1 aromatic rings. The number of Topliss-reactive ketones (excluding diaryl/α,β-unsaturated/α-hetero) is 1. The molecule has 0 aromatic carbocycles. The van der Waals surface area contributed by atoms with Gasteiger partial charge in [0.15, 0.2) is 5.78 Å². The maximum Gasteiger partial charge on any atom is 0.311 e. The molecule has 0 saturated carbocycles. The van der Waals surface area contributed by atoms with Crippen molar-refractivity contribution in [2.24, 2.45) is 11.8 Å². The Hall–Kier alpha value is -2.11. The van der Waals surface area contributed by atoms with E-state index in [1.165, 1.54) is 0 Å². The number of rotatable bonds is 1. The number of carbonyl (C=O) groups is 3. The minimum Gasteiger partial charge on any atom is -0.465 e. The van der Waals surface area contributed by atoms with Gasteiger partial charge in [0.05, 0.1) is 12.5 Å². The molecule has 2 saturated heterocycles. The Labute approximate surface area is 127 Å². The summed E-state index contributed by atoms with van der Waals surface area (Å²) in [5, 5.41) is 0. The number of likely N-dealkylation sites (tertiary alicyclic amines) is 1. The van der Waals surface area contributed by atoms with Crippen molar-refractivity contribution in [1.29, 1.82) is 0 Å². The summed E-state index contributed by atoms with van der Waals surface area (Å²) >= 11 is 0. The van der Waals surface area contributed by atoms with Crippen molar-refractivity contribution >= 4 is 17.7 Å². The number of aromatic nitrogens is 1. The number of H-pyrrole nitrogens is 1. The molecule has 3 aliphatic rings. The number of hydrogen-bond donors (Lipinski definition) is 1. The van der Waals surface area contributed by atoms with E-state index in [4.69, 9.17) is 4.74 Å². The lowest BCUT2D eigenvalue weighted by Gasteiger charge is -2.17. The average Bonchev–Trinajstić information content (AvgIpc) is 3.15. The summed E-state index contributed by atoms with van der Waals surface area (Å²) in [5.41, 5.74) is 2.85. The second kappa shape index (κ2) is 4.69. The second-order valence-corrected chi connectivity index (χ2v) is 6.46. The summed E-state index contributed by atoms with van der Waals surface area (Å²) in [5.74, 6) is -0.255. The molecule has 1 amide bonds. The van der Waals surface area contributed by atoms with E-state index in [0.29, 0.717) is 37.4 Å². The number of esters is 1. The van der Waals surface area contributed by atoms with E-state index in [2.05, 4.69) is 4.98 Å². The summed E-state index contributed by atoms with van der Waals surface area (Å²) < 4.78 is 5.03. The van der Waals surface area contributed by atoms with E-state index in [1.807, 2.05) is 6.92 Å². The van der Waals surface area contributed by atoms with Gasteiger partial charge in [0.25, 0.3) is 5.91 Å². The van der Waals surface area contributed by atoms with Crippen LogP contribution in [0.2, 0.25) is 0 Å². The number of hydrogen-bond acceptors (Lipinski definition) is 4. The number of amides is 1. The summed E-state index contributed by atoms with van der Waals surface area (Å²) in [6.07, 6.45) is 2.20. The van der Waals surface area contributed by atoms with Crippen LogP contribution in [0.3, 0.4) is 0 Å². The van der Waals surface area contributed by atoms with E-state index in [-0.39, 0.29) is 29.5 Å². The third-order valence-electron chi connectivity index (χ3n) is 5.12. The van der Waals surface area contributed by atoms with Gasteiger partial charge >= 0.3 is 5.97 Å². The molecule has 22 heavy (non-hydrogen) atoms. The fourth-order valence-corrected chi connectivity index (χ4v) is 3.92. The van der Waals surface area contributed by atoms with E-state index in [9.17, 15) is 14.4 Å². The van der Waals surface area contributed by atoms with Crippen LogP contribution in [0.25, 0.3) is 0 Å². The van der Waals surface area contributed by atoms with Crippen molar-refractivity contribution in [3.05, 3.63) is 22.5 Å². The molecule has 1 aliphatic carbocycles. The second-order valence-electron chi connectivity index (χ2n) is 6.46. The Bertz CT molecular complexity index is 691. The summed E-state index contributed by atoms with van der Waals surface area (Å²) in [6, 6.07) is 0. The monoisotopic (exact) mass is 302 g/mol. The molecule has 2 fully saturated rings. The lowest BCUT2D eigenvalue weighted by atomic mass is 9.94. The maximum atomic E-state index is 12.8. The smallest absolute Gasteiger partial charge is 0.311 e. The molecule has 0 spiro atoms. The standard InChI is InChI=1S/C16H18N2O4/c1-8-13-11(3-2-4-12(13)19)17-14(8)15(20)18-5-9-7-22-16(21)10(9)6-18/h9-10,17H,2-7H2,1H3/t9-,10-/m1/s1. The summed E-state index contributed by atoms with van der Waals surface area (Å²) in [7, 11) is 0. The fraction of sp³-hybridized carbons (Fsp3) is 0.562. The number of nitrogens with one attached hydrogen (secondary N) is 1. The van der Waals surface area contributed by atoms with Crippen molar-refractivity contribution < 1.29 is 19.1 Å². The highest BCUT2D eigenvalue weighted by Crippen LogP contribution is 2.33. The zero-order valence-electron chi connectivity index (χ0n) is 12.5. The Morgan fingerprint density at radius 1 is 1.27 bits per heavy atom. The predicted molar refractivity (Wildman–Crippen MR) is 76.6 cm³/mol. The van der Waals surface area contributed by atoms with Crippen molar-refractivity contribution in [1.82, 2.24) is 9.88 Å². The number of nitrogens with zero attached hydrogens (tertiary/aromatic N) is 1. The average molecular weight is 302 g/mol. The van der Waals surface area contributed by atoms with Crippen LogP contribution in [0, 0.1) is 18.8 Å². The van der Waals surface area contributed by atoms with E-state index < -0.39 is 0 Å². The molecule has 2 atom stereocenters. The highest BCUT2D eigenvalue weighted by atomic mass is 16.5. The van der Waals surface area contributed by atoms with Gasteiger partial charge in [0, 0.05) is 36.7 Å². The molecule has 0 bridgehead atoms. The lowest BCUT2D eigenvalue weighted by molar-refractivity contribution is -0.141. The zero-order chi connectivity index (χ0) is 15.4. The zero-order valence-corrected chi connectivity index (χ0v) is 12.5. The fourth-order valence-electron chi connectivity index (χ4n) is 3.92. The van der Waals surface area contributed by atoms with E-state index >= 15 is 0 Å². The van der Waals surface area contributed by atoms with Gasteiger partial charge in [0.2, 0.25) is 0 Å². The van der Waals surface area contributed by atoms with Gasteiger partial charge in [-0.1, -0.05) is 0 Å². The molecule has 1 aromatic heterocycles. The minimum absolute atomic E-state index is 0.109. The molecule has 0 unspecified atom stereocenters. The first kappa shape index (κ1) is 13.5. The topological polar surface area (TPSA) is 79.5 Å². The number of aromatic amines is 1. The third-order valence-corrected chi connectivity index (χ3v) is 5.12. The van der Waals surface area contributed by atoms with Crippen LogP contribution < -0.4 is 0 Å². The van der Waals surface area contributed by atoms with Crippen molar-refractivity contribution in [3.63, 3.8) is 0 Å². The van der Waals surface area contributed by atoms with Gasteiger partial charge in [-0.25, -0.2) is 0 Å². The normalized spacial score (nSPS) is 26.9. The van der Waals surface area contributed by atoms with Crippen molar-refractivity contribution in [3.8, 4) is 0 Å². The van der Waals surface area contributed by atoms with E-state index in [0.717, 1.165) is 24.1 Å². The molecule has 6 nitrogen and oxygen atoms in total. The van der Waals surface area contributed by atoms with Gasteiger partial charge in [-0.15, -0.1) is 0 Å². The third kappa shape index (κ3) is 1.82. The number of ketones is 1. The van der Waals surface area contributed by atoms with Crippen molar-refractivity contribution in [2.75, 3.05) is 19.7 Å². The number of ether oxygens (including phenoxy) is 1. The Kier molecular flexibility index (Phi) is 2.89.